The third-order valence-corrected chi connectivity index (χ3v) is 4.74. The molecule has 1 fully saturated rings. The van der Waals surface area contributed by atoms with E-state index in [4.69, 9.17) is 0 Å². The fourth-order valence-electron chi connectivity index (χ4n) is 3.18. The maximum Gasteiger partial charge on any atom is 0.0702 e. The van der Waals surface area contributed by atoms with Gasteiger partial charge in [0.25, 0.3) is 0 Å². The second-order valence-electron chi connectivity index (χ2n) is 6.57. The first-order valence-electron chi connectivity index (χ1n) is 7.87. The molecule has 1 aliphatic heterocycles. The van der Waals surface area contributed by atoms with Gasteiger partial charge in [0.05, 0.1) is 5.52 Å². The third-order valence-electron chi connectivity index (χ3n) is 4.74. The fourth-order valence-corrected chi connectivity index (χ4v) is 3.18. The van der Waals surface area contributed by atoms with Gasteiger partial charge in [-0.3, -0.25) is 4.98 Å². The summed E-state index contributed by atoms with van der Waals surface area (Å²) in [4.78, 5) is 4.55. The number of fused-ring (bicyclic) bond motifs is 1. The molecular formula is C20H20N2. The summed E-state index contributed by atoms with van der Waals surface area (Å²) in [5, 5.41) is 4.58. The predicted molar refractivity (Wildman–Crippen MR) is 91.2 cm³/mol. The number of para-hydroxylation sites is 1. The van der Waals surface area contributed by atoms with Crippen LogP contribution >= 0.6 is 0 Å². The molecule has 0 saturated carbocycles. The molecule has 0 spiro atoms. The van der Waals surface area contributed by atoms with Crippen LogP contribution in [-0.2, 0) is 11.8 Å². The van der Waals surface area contributed by atoms with E-state index in [2.05, 4.69) is 65.8 Å². The van der Waals surface area contributed by atoms with Crippen molar-refractivity contribution in [2.24, 2.45) is 0 Å². The van der Waals surface area contributed by atoms with Crippen molar-refractivity contribution < 1.29 is 0 Å². The van der Waals surface area contributed by atoms with Crippen LogP contribution in [0.3, 0.4) is 0 Å². The zero-order valence-electron chi connectivity index (χ0n) is 12.8. The van der Waals surface area contributed by atoms with Gasteiger partial charge < -0.3 is 5.32 Å². The maximum absolute atomic E-state index is 4.55. The first kappa shape index (κ1) is 13.5. The zero-order chi connectivity index (χ0) is 15.0. The Labute approximate surface area is 131 Å². The van der Waals surface area contributed by atoms with Crippen LogP contribution in [0.2, 0.25) is 0 Å². The number of hydrogen-bond acceptors (Lipinski definition) is 2. The lowest BCUT2D eigenvalue weighted by Crippen LogP contribution is -2.54. The molecule has 4 rings (SSSR count). The second-order valence-corrected chi connectivity index (χ2v) is 6.57. The Bertz CT molecular complexity index is 801. The quantitative estimate of drug-likeness (QED) is 0.795. The lowest BCUT2D eigenvalue weighted by Gasteiger charge is -2.40. The molecule has 2 heteroatoms. The number of rotatable bonds is 3. The van der Waals surface area contributed by atoms with E-state index in [0.29, 0.717) is 5.41 Å². The van der Waals surface area contributed by atoms with Gasteiger partial charge >= 0.3 is 0 Å². The van der Waals surface area contributed by atoms with Gasteiger partial charge in [0.1, 0.15) is 0 Å². The number of hydrogen-bond donors (Lipinski definition) is 1. The van der Waals surface area contributed by atoms with E-state index in [-0.39, 0.29) is 0 Å². The van der Waals surface area contributed by atoms with E-state index in [1.165, 1.54) is 22.1 Å². The summed E-state index contributed by atoms with van der Waals surface area (Å²) in [6.45, 7) is 4.49. The number of aromatic nitrogens is 1. The number of nitrogens with zero attached hydrogens (tertiary/aromatic N) is 1. The highest BCUT2D eigenvalue weighted by Gasteiger charge is 2.33. The van der Waals surface area contributed by atoms with Gasteiger partial charge in [-0.15, -0.1) is 0 Å². The van der Waals surface area contributed by atoms with E-state index in [0.717, 1.165) is 25.0 Å². The van der Waals surface area contributed by atoms with Crippen molar-refractivity contribution >= 4 is 10.9 Å². The molecule has 1 saturated heterocycles. The van der Waals surface area contributed by atoms with Crippen molar-refractivity contribution in [1.29, 1.82) is 0 Å². The molecule has 2 aromatic carbocycles. The van der Waals surface area contributed by atoms with Crippen molar-refractivity contribution in [3.63, 3.8) is 0 Å². The van der Waals surface area contributed by atoms with Gasteiger partial charge in [0.2, 0.25) is 0 Å². The standard InChI is InChI=1S/C20H20N2/c1-20(13-21-14-20)18-8-6-15(7-9-18)10-16-11-17-4-2-3-5-19(17)22-12-16/h2-9,11-12,21H,10,13-14H2,1H3. The summed E-state index contributed by atoms with van der Waals surface area (Å²) in [6.07, 6.45) is 2.93. The average Bonchev–Trinajstić information content (AvgIpc) is 2.53. The van der Waals surface area contributed by atoms with Crippen LogP contribution in [0.15, 0.2) is 60.8 Å². The summed E-state index contributed by atoms with van der Waals surface area (Å²) in [5.41, 5.74) is 5.43. The minimum atomic E-state index is 0.322. The third kappa shape index (κ3) is 2.40. The molecule has 3 aromatic rings. The van der Waals surface area contributed by atoms with Crippen molar-refractivity contribution in [3.05, 3.63) is 77.5 Å². The first-order chi connectivity index (χ1) is 10.7. The van der Waals surface area contributed by atoms with E-state index in [1.807, 2.05) is 12.3 Å². The molecule has 1 aromatic heterocycles. The van der Waals surface area contributed by atoms with Gasteiger partial charge in [-0.05, 0) is 35.2 Å². The average molecular weight is 288 g/mol. The predicted octanol–water partition coefficient (Wildman–Crippen LogP) is 3.69. The molecule has 0 unspecified atom stereocenters. The van der Waals surface area contributed by atoms with Crippen molar-refractivity contribution in [2.75, 3.05) is 13.1 Å². The minimum Gasteiger partial charge on any atom is -0.315 e. The molecule has 0 aliphatic carbocycles. The summed E-state index contributed by atoms with van der Waals surface area (Å²) in [7, 11) is 0. The van der Waals surface area contributed by atoms with E-state index >= 15 is 0 Å². The Balaban J connectivity index is 1.56. The molecule has 110 valence electrons. The van der Waals surface area contributed by atoms with E-state index < -0.39 is 0 Å². The van der Waals surface area contributed by atoms with Gasteiger partial charge in [-0.25, -0.2) is 0 Å². The summed E-state index contributed by atoms with van der Waals surface area (Å²) >= 11 is 0. The number of nitrogens with one attached hydrogen (secondary N) is 1. The minimum absolute atomic E-state index is 0.322. The summed E-state index contributed by atoms with van der Waals surface area (Å²) in [5.74, 6) is 0. The van der Waals surface area contributed by atoms with E-state index in [9.17, 15) is 0 Å². The monoisotopic (exact) mass is 288 g/mol. The van der Waals surface area contributed by atoms with E-state index in [1.54, 1.807) is 0 Å². The summed E-state index contributed by atoms with van der Waals surface area (Å²) in [6, 6.07) is 19.6. The maximum atomic E-state index is 4.55. The molecule has 1 N–H and O–H groups in total. The lowest BCUT2D eigenvalue weighted by atomic mass is 9.77. The number of benzene rings is 2. The molecule has 0 bridgehead atoms. The van der Waals surface area contributed by atoms with Crippen LogP contribution in [0, 0.1) is 0 Å². The first-order valence-corrected chi connectivity index (χ1v) is 7.87. The van der Waals surface area contributed by atoms with Crippen LogP contribution in [0.4, 0.5) is 0 Å². The second kappa shape index (κ2) is 5.22. The van der Waals surface area contributed by atoms with Crippen LogP contribution in [-0.4, -0.2) is 18.1 Å². The molecule has 0 radical (unpaired) electrons. The highest BCUT2D eigenvalue weighted by Crippen LogP contribution is 2.28. The van der Waals surface area contributed by atoms with Crippen LogP contribution in [0.1, 0.15) is 23.6 Å². The Morgan fingerprint density at radius 2 is 1.77 bits per heavy atom. The smallest absolute Gasteiger partial charge is 0.0702 e. The molecule has 2 nitrogen and oxygen atoms in total. The van der Waals surface area contributed by atoms with Gasteiger partial charge in [-0.2, -0.15) is 0 Å². The largest absolute Gasteiger partial charge is 0.315 e. The van der Waals surface area contributed by atoms with Gasteiger partial charge in [0, 0.05) is 30.1 Å². The van der Waals surface area contributed by atoms with Crippen molar-refractivity contribution in [1.82, 2.24) is 10.3 Å². The van der Waals surface area contributed by atoms with Crippen LogP contribution < -0.4 is 5.32 Å². The topological polar surface area (TPSA) is 24.9 Å². The van der Waals surface area contributed by atoms with Gasteiger partial charge in [-0.1, -0.05) is 49.4 Å². The van der Waals surface area contributed by atoms with Crippen molar-refractivity contribution in [2.45, 2.75) is 18.8 Å². The Morgan fingerprint density at radius 1 is 1.00 bits per heavy atom. The van der Waals surface area contributed by atoms with Gasteiger partial charge in [0.15, 0.2) is 0 Å². The normalized spacial score (nSPS) is 16.4. The highest BCUT2D eigenvalue weighted by atomic mass is 15.0. The SMILES string of the molecule is CC1(c2ccc(Cc3cnc4ccccc4c3)cc2)CNC1. The summed E-state index contributed by atoms with van der Waals surface area (Å²) < 4.78 is 0. The number of pyridine rings is 1. The Kier molecular flexibility index (Phi) is 3.20. The fraction of sp³-hybridized carbons (Fsp3) is 0.250. The zero-order valence-corrected chi connectivity index (χ0v) is 12.8. The molecule has 0 amide bonds. The Hall–Kier alpha value is -2.19. The van der Waals surface area contributed by atoms with Crippen molar-refractivity contribution in [3.8, 4) is 0 Å². The highest BCUT2D eigenvalue weighted by molar-refractivity contribution is 5.78. The molecule has 0 atom stereocenters. The lowest BCUT2D eigenvalue weighted by molar-refractivity contribution is 0.305. The molecular weight excluding hydrogens is 268 g/mol. The van der Waals surface area contributed by atoms with Crippen LogP contribution in [0.25, 0.3) is 10.9 Å². The molecule has 22 heavy (non-hydrogen) atoms. The van der Waals surface area contributed by atoms with Crippen LogP contribution in [0.5, 0.6) is 0 Å². The molecule has 1 aliphatic rings. The Morgan fingerprint density at radius 3 is 2.50 bits per heavy atom. The molecule has 2 heterocycles.